The quantitative estimate of drug-likeness (QED) is 0.760. The number of alkyl halides is 2. The SMILES string of the molecule is O=C(C(Cl)Cl)N1CCCN(c2nc(Cc3ccccc3)ns2)CC1. The minimum atomic E-state index is -0.990. The molecule has 0 radical (unpaired) electrons. The first-order chi connectivity index (χ1) is 11.6. The smallest absolute Gasteiger partial charge is 0.255 e. The van der Waals surface area contributed by atoms with Crippen LogP contribution in [0, 0.1) is 0 Å². The van der Waals surface area contributed by atoms with Gasteiger partial charge in [-0.3, -0.25) is 4.79 Å². The summed E-state index contributed by atoms with van der Waals surface area (Å²) in [5.41, 5.74) is 1.20. The van der Waals surface area contributed by atoms with E-state index in [0.29, 0.717) is 19.6 Å². The first kappa shape index (κ1) is 17.5. The van der Waals surface area contributed by atoms with E-state index >= 15 is 0 Å². The summed E-state index contributed by atoms with van der Waals surface area (Å²) in [6.45, 7) is 2.83. The summed E-state index contributed by atoms with van der Waals surface area (Å²) < 4.78 is 4.47. The zero-order valence-corrected chi connectivity index (χ0v) is 15.4. The van der Waals surface area contributed by atoms with E-state index in [0.717, 1.165) is 30.3 Å². The summed E-state index contributed by atoms with van der Waals surface area (Å²) in [4.78, 5) is 19.5. The minimum Gasteiger partial charge on any atom is -0.345 e. The molecule has 2 heterocycles. The van der Waals surface area contributed by atoms with Gasteiger partial charge in [0, 0.05) is 44.1 Å². The molecule has 8 heteroatoms. The second-order valence-corrected chi connectivity index (χ2v) is 7.45. The number of aromatic nitrogens is 2. The maximum absolute atomic E-state index is 11.9. The normalized spacial score (nSPS) is 15.6. The molecule has 1 saturated heterocycles. The van der Waals surface area contributed by atoms with Gasteiger partial charge in [-0.05, 0) is 12.0 Å². The molecule has 0 bridgehead atoms. The maximum Gasteiger partial charge on any atom is 0.255 e. The molecule has 0 unspecified atom stereocenters. The number of benzene rings is 1. The second kappa shape index (κ2) is 8.14. The van der Waals surface area contributed by atoms with Crippen LogP contribution in [0.3, 0.4) is 0 Å². The van der Waals surface area contributed by atoms with Crippen molar-refractivity contribution in [3.05, 3.63) is 41.7 Å². The Kier molecular flexibility index (Phi) is 5.92. The van der Waals surface area contributed by atoms with Gasteiger partial charge in [-0.25, -0.2) is 4.98 Å². The molecule has 5 nitrogen and oxygen atoms in total. The van der Waals surface area contributed by atoms with Crippen molar-refractivity contribution < 1.29 is 4.79 Å². The van der Waals surface area contributed by atoms with Crippen LogP contribution in [-0.2, 0) is 11.2 Å². The van der Waals surface area contributed by atoms with Crippen LogP contribution in [0.15, 0.2) is 30.3 Å². The highest BCUT2D eigenvalue weighted by Crippen LogP contribution is 2.21. The average molecular weight is 385 g/mol. The summed E-state index contributed by atoms with van der Waals surface area (Å²) in [6, 6.07) is 10.2. The third-order valence-corrected chi connectivity index (χ3v) is 5.12. The van der Waals surface area contributed by atoms with Gasteiger partial charge >= 0.3 is 0 Å². The highest BCUT2D eigenvalue weighted by Gasteiger charge is 2.24. The lowest BCUT2D eigenvalue weighted by molar-refractivity contribution is -0.129. The molecule has 2 aromatic rings. The molecule has 3 rings (SSSR count). The molecule has 1 amide bonds. The van der Waals surface area contributed by atoms with Gasteiger partial charge in [-0.1, -0.05) is 53.5 Å². The Balaban J connectivity index is 1.62. The van der Waals surface area contributed by atoms with Crippen LogP contribution >= 0.6 is 34.7 Å². The van der Waals surface area contributed by atoms with E-state index in [1.807, 2.05) is 18.2 Å². The number of carbonyl (C=O) groups is 1. The number of nitrogens with zero attached hydrogens (tertiary/aromatic N) is 4. The van der Waals surface area contributed by atoms with E-state index in [4.69, 9.17) is 23.2 Å². The first-order valence-electron chi connectivity index (χ1n) is 7.82. The monoisotopic (exact) mass is 384 g/mol. The molecule has 1 aliphatic rings. The fourth-order valence-corrected chi connectivity index (χ4v) is 3.70. The number of amides is 1. The Morgan fingerprint density at radius 2 is 1.96 bits per heavy atom. The Morgan fingerprint density at radius 3 is 2.71 bits per heavy atom. The topological polar surface area (TPSA) is 49.3 Å². The highest BCUT2D eigenvalue weighted by atomic mass is 35.5. The van der Waals surface area contributed by atoms with Gasteiger partial charge in [0.05, 0.1) is 0 Å². The molecule has 0 atom stereocenters. The van der Waals surface area contributed by atoms with E-state index in [9.17, 15) is 4.79 Å². The van der Waals surface area contributed by atoms with Gasteiger partial charge in [0.15, 0.2) is 4.84 Å². The molecule has 24 heavy (non-hydrogen) atoms. The number of rotatable bonds is 4. The van der Waals surface area contributed by atoms with Gasteiger partial charge < -0.3 is 9.80 Å². The van der Waals surface area contributed by atoms with Crippen LogP contribution < -0.4 is 4.90 Å². The van der Waals surface area contributed by atoms with E-state index < -0.39 is 4.84 Å². The zero-order chi connectivity index (χ0) is 16.9. The number of halogens is 2. The Morgan fingerprint density at radius 1 is 1.17 bits per heavy atom. The number of hydrogen-bond donors (Lipinski definition) is 0. The standard InChI is InChI=1S/C16H18Cl2N4OS/c17-14(18)15(23)21-7-4-8-22(10-9-21)16-19-13(20-24-16)11-12-5-2-1-3-6-12/h1-3,5-6,14H,4,7-11H2. The van der Waals surface area contributed by atoms with Crippen LogP contribution in [0.1, 0.15) is 17.8 Å². The third-order valence-electron chi connectivity index (χ3n) is 3.93. The van der Waals surface area contributed by atoms with E-state index in [1.54, 1.807) is 4.90 Å². The van der Waals surface area contributed by atoms with Crippen molar-refractivity contribution in [3.63, 3.8) is 0 Å². The van der Waals surface area contributed by atoms with Gasteiger partial charge in [0.2, 0.25) is 5.13 Å². The van der Waals surface area contributed by atoms with Crippen molar-refractivity contribution in [1.29, 1.82) is 0 Å². The maximum atomic E-state index is 11.9. The van der Waals surface area contributed by atoms with Gasteiger partial charge in [0.1, 0.15) is 5.82 Å². The molecule has 1 fully saturated rings. The lowest BCUT2D eigenvalue weighted by Crippen LogP contribution is -2.38. The third kappa shape index (κ3) is 4.37. The van der Waals surface area contributed by atoms with Crippen molar-refractivity contribution in [2.75, 3.05) is 31.1 Å². The molecule has 128 valence electrons. The first-order valence-corrected chi connectivity index (χ1v) is 9.46. The Hall–Kier alpha value is -1.37. The molecule has 1 aliphatic heterocycles. The molecule has 0 aliphatic carbocycles. The molecule has 0 N–H and O–H groups in total. The van der Waals surface area contributed by atoms with Gasteiger partial charge in [-0.15, -0.1) is 0 Å². The van der Waals surface area contributed by atoms with Crippen LogP contribution in [0.25, 0.3) is 0 Å². The summed E-state index contributed by atoms with van der Waals surface area (Å²) >= 11 is 12.8. The number of carbonyl (C=O) groups excluding carboxylic acids is 1. The summed E-state index contributed by atoms with van der Waals surface area (Å²) in [5, 5.41) is 0.906. The fraction of sp³-hybridized carbons (Fsp3) is 0.438. The van der Waals surface area contributed by atoms with Crippen LogP contribution in [0.5, 0.6) is 0 Å². The van der Waals surface area contributed by atoms with Crippen molar-refractivity contribution in [3.8, 4) is 0 Å². The summed E-state index contributed by atoms with van der Waals surface area (Å²) in [7, 11) is 0. The molecule has 0 saturated carbocycles. The number of anilines is 1. The minimum absolute atomic E-state index is 0.220. The summed E-state index contributed by atoms with van der Waals surface area (Å²) in [6.07, 6.45) is 1.59. The Bertz CT molecular complexity index is 680. The number of hydrogen-bond acceptors (Lipinski definition) is 5. The van der Waals surface area contributed by atoms with Crippen molar-refractivity contribution in [2.24, 2.45) is 0 Å². The molecular weight excluding hydrogens is 367 g/mol. The lowest BCUT2D eigenvalue weighted by atomic mass is 10.1. The average Bonchev–Trinajstić information content (AvgIpc) is 2.90. The second-order valence-electron chi connectivity index (χ2n) is 5.62. The molecule has 0 spiro atoms. The predicted octanol–water partition coefficient (Wildman–Crippen LogP) is 2.97. The molecular formula is C16H18Cl2N4OS. The molecule has 1 aromatic heterocycles. The van der Waals surface area contributed by atoms with Crippen molar-refractivity contribution in [1.82, 2.24) is 14.3 Å². The van der Waals surface area contributed by atoms with E-state index in [-0.39, 0.29) is 5.91 Å². The van der Waals surface area contributed by atoms with Gasteiger partial charge in [-0.2, -0.15) is 4.37 Å². The van der Waals surface area contributed by atoms with Crippen LogP contribution in [-0.4, -0.2) is 51.2 Å². The highest BCUT2D eigenvalue weighted by molar-refractivity contribution is 7.09. The lowest BCUT2D eigenvalue weighted by Gasteiger charge is -2.21. The van der Waals surface area contributed by atoms with E-state index in [2.05, 4.69) is 26.4 Å². The van der Waals surface area contributed by atoms with Crippen LogP contribution in [0.4, 0.5) is 5.13 Å². The molecule has 1 aromatic carbocycles. The fourth-order valence-electron chi connectivity index (χ4n) is 2.69. The van der Waals surface area contributed by atoms with Gasteiger partial charge in [0.25, 0.3) is 5.91 Å². The summed E-state index contributed by atoms with van der Waals surface area (Å²) in [5.74, 6) is 0.613. The van der Waals surface area contributed by atoms with Crippen molar-refractivity contribution in [2.45, 2.75) is 17.7 Å². The van der Waals surface area contributed by atoms with Crippen molar-refractivity contribution >= 4 is 45.8 Å². The Labute approximate surface area is 155 Å². The predicted molar refractivity (Wildman–Crippen MR) is 98.1 cm³/mol. The van der Waals surface area contributed by atoms with E-state index in [1.165, 1.54) is 17.1 Å². The largest absolute Gasteiger partial charge is 0.345 e. The van der Waals surface area contributed by atoms with Crippen LogP contribution in [0.2, 0.25) is 0 Å². The zero-order valence-electron chi connectivity index (χ0n) is 13.1.